The molecule has 0 atom stereocenters. The predicted octanol–water partition coefficient (Wildman–Crippen LogP) is -0.0183. The molecule has 2 rings (SSSR count). The number of hydrogen-bond acceptors (Lipinski definition) is 6. The normalized spacial score (nSPS) is 15.0. The van der Waals surface area contributed by atoms with Gasteiger partial charge in [-0.3, -0.25) is 24.6 Å². The number of morpholine rings is 1. The van der Waals surface area contributed by atoms with Gasteiger partial charge in [-0.25, -0.2) is 0 Å². The maximum absolute atomic E-state index is 11.7. The first-order chi connectivity index (χ1) is 11.1. The number of carbonyl (C=O) groups is 2. The van der Waals surface area contributed by atoms with E-state index in [1.165, 1.54) is 24.3 Å². The maximum atomic E-state index is 11.7. The van der Waals surface area contributed by atoms with Crippen LogP contribution in [0.4, 0.5) is 11.4 Å². The molecule has 0 spiro atoms. The molecule has 0 saturated carbocycles. The molecule has 0 radical (unpaired) electrons. The summed E-state index contributed by atoms with van der Waals surface area (Å²) in [5, 5.41) is 15.5. The van der Waals surface area contributed by atoms with Crippen molar-refractivity contribution in [2.45, 2.75) is 0 Å². The molecule has 1 heterocycles. The third kappa shape index (κ3) is 5.31. The lowest BCUT2D eigenvalue weighted by Crippen LogP contribution is -2.43. The Kier molecular flexibility index (Phi) is 6.01. The molecule has 1 aromatic rings. The standard InChI is InChI=1S/C14H18N4O5/c19-13(15-5-6-17-7-9-23-10-8-17)14(20)16-11-1-3-12(4-2-11)18(21)22/h1-4H,5-10H2,(H,15,19)(H,16,20). The Morgan fingerprint density at radius 3 is 2.43 bits per heavy atom. The highest BCUT2D eigenvalue weighted by Crippen LogP contribution is 2.15. The van der Waals surface area contributed by atoms with Gasteiger partial charge in [0.15, 0.2) is 0 Å². The fourth-order valence-electron chi connectivity index (χ4n) is 2.09. The molecule has 2 N–H and O–H groups in total. The van der Waals surface area contributed by atoms with E-state index in [4.69, 9.17) is 4.74 Å². The molecule has 1 saturated heterocycles. The van der Waals surface area contributed by atoms with Crippen LogP contribution in [0.25, 0.3) is 0 Å². The van der Waals surface area contributed by atoms with Crippen LogP contribution in [0, 0.1) is 10.1 Å². The summed E-state index contributed by atoms with van der Waals surface area (Å²) < 4.78 is 5.22. The van der Waals surface area contributed by atoms with E-state index in [1.54, 1.807) is 0 Å². The molecule has 0 bridgehead atoms. The van der Waals surface area contributed by atoms with Gasteiger partial charge < -0.3 is 15.4 Å². The van der Waals surface area contributed by atoms with Crippen LogP contribution in [0.2, 0.25) is 0 Å². The van der Waals surface area contributed by atoms with E-state index in [0.29, 0.717) is 32.0 Å². The lowest BCUT2D eigenvalue weighted by molar-refractivity contribution is -0.384. The van der Waals surface area contributed by atoms with Crippen LogP contribution >= 0.6 is 0 Å². The minimum absolute atomic E-state index is 0.0852. The number of nitro benzene ring substituents is 1. The topological polar surface area (TPSA) is 114 Å². The van der Waals surface area contributed by atoms with Crippen molar-refractivity contribution < 1.29 is 19.2 Å². The summed E-state index contributed by atoms with van der Waals surface area (Å²) in [7, 11) is 0. The SMILES string of the molecule is O=C(NCCN1CCOCC1)C(=O)Nc1ccc([N+](=O)[O-])cc1. The van der Waals surface area contributed by atoms with Gasteiger partial charge in [0.25, 0.3) is 5.69 Å². The predicted molar refractivity (Wildman–Crippen MR) is 82.0 cm³/mol. The van der Waals surface area contributed by atoms with Crippen molar-refractivity contribution >= 4 is 23.2 Å². The Hall–Kier alpha value is -2.52. The van der Waals surface area contributed by atoms with E-state index in [2.05, 4.69) is 15.5 Å². The van der Waals surface area contributed by atoms with Crippen molar-refractivity contribution in [3.63, 3.8) is 0 Å². The molecule has 9 heteroatoms. The summed E-state index contributed by atoms with van der Waals surface area (Å²) in [6, 6.07) is 5.26. The van der Waals surface area contributed by atoms with E-state index >= 15 is 0 Å². The molecular formula is C14H18N4O5. The van der Waals surface area contributed by atoms with Crippen molar-refractivity contribution in [1.82, 2.24) is 10.2 Å². The lowest BCUT2D eigenvalue weighted by atomic mass is 10.3. The first-order valence-electron chi connectivity index (χ1n) is 7.20. The van der Waals surface area contributed by atoms with E-state index < -0.39 is 16.7 Å². The Labute approximate surface area is 132 Å². The first-order valence-corrected chi connectivity index (χ1v) is 7.20. The van der Waals surface area contributed by atoms with Crippen molar-refractivity contribution in [2.75, 3.05) is 44.7 Å². The van der Waals surface area contributed by atoms with Gasteiger partial charge in [0, 0.05) is 44.0 Å². The second-order valence-corrected chi connectivity index (χ2v) is 4.97. The number of non-ortho nitro benzene ring substituents is 1. The number of nitrogens with one attached hydrogen (secondary N) is 2. The van der Waals surface area contributed by atoms with Gasteiger partial charge in [-0.05, 0) is 12.1 Å². The number of amides is 2. The fraction of sp³-hybridized carbons (Fsp3) is 0.429. The quantitative estimate of drug-likeness (QED) is 0.447. The number of benzene rings is 1. The van der Waals surface area contributed by atoms with Crippen molar-refractivity contribution in [2.24, 2.45) is 0 Å². The van der Waals surface area contributed by atoms with Crippen molar-refractivity contribution in [1.29, 1.82) is 0 Å². The summed E-state index contributed by atoms with van der Waals surface area (Å²) in [5.74, 6) is -1.54. The van der Waals surface area contributed by atoms with Gasteiger partial charge in [0.1, 0.15) is 0 Å². The Morgan fingerprint density at radius 2 is 1.83 bits per heavy atom. The van der Waals surface area contributed by atoms with Crippen LogP contribution in [-0.4, -0.2) is 61.0 Å². The van der Waals surface area contributed by atoms with Gasteiger partial charge in [0.05, 0.1) is 18.1 Å². The molecule has 1 aromatic carbocycles. The highest BCUT2D eigenvalue weighted by molar-refractivity contribution is 6.39. The smallest absolute Gasteiger partial charge is 0.313 e. The van der Waals surface area contributed by atoms with Gasteiger partial charge >= 0.3 is 11.8 Å². The molecular weight excluding hydrogens is 304 g/mol. The van der Waals surface area contributed by atoms with Gasteiger partial charge in [-0.1, -0.05) is 0 Å². The van der Waals surface area contributed by atoms with Gasteiger partial charge in [-0.2, -0.15) is 0 Å². The minimum atomic E-state index is -0.805. The number of carbonyl (C=O) groups excluding carboxylic acids is 2. The second-order valence-electron chi connectivity index (χ2n) is 4.97. The molecule has 0 unspecified atom stereocenters. The number of ether oxygens (including phenoxy) is 1. The summed E-state index contributed by atoms with van der Waals surface area (Å²) in [6.45, 7) is 3.99. The third-order valence-electron chi connectivity index (χ3n) is 3.36. The van der Waals surface area contributed by atoms with Crippen LogP contribution in [-0.2, 0) is 14.3 Å². The van der Waals surface area contributed by atoms with Gasteiger partial charge in [-0.15, -0.1) is 0 Å². The molecule has 1 aliphatic heterocycles. The van der Waals surface area contributed by atoms with Crippen LogP contribution in [0.1, 0.15) is 0 Å². The van der Waals surface area contributed by atoms with E-state index in [9.17, 15) is 19.7 Å². The zero-order chi connectivity index (χ0) is 16.7. The third-order valence-corrected chi connectivity index (χ3v) is 3.36. The average Bonchev–Trinajstić information content (AvgIpc) is 2.56. The average molecular weight is 322 g/mol. The largest absolute Gasteiger partial charge is 0.379 e. The van der Waals surface area contributed by atoms with Crippen molar-refractivity contribution in [3.8, 4) is 0 Å². The molecule has 0 aromatic heterocycles. The Balaban J connectivity index is 1.73. The number of nitro groups is 1. The number of nitrogens with zero attached hydrogens (tertiary/aromatic N) is 2. The van der Waals surface area contributed by atoms with E-state index in [-0.39, 0.29) is 5.69 Å². The molecule has 1 aliphatic rings. The minimum Gasteiger partial charge on any atom is -0.379 e. The zero-order valence-electron chi connectivity index (χ0n) is 12.5. The summed E-state index contributed by atoms with van der Waals surface area (Å²) in [5.41, 5.74) is 0.238. The molecule has 1 fully saturated rings. The Bertz CT molecular complexity index is 569. The van der Waals surface area contributed by atoms with Crippen LogP contribution in [0.3, 0.4) is 0 Å². The fourth-order valence-corrected chi connectivity index (χ4v) is 2.09. The summed E-state index contributed by atoms with van der Waals surface area (Å²) in [6.07, 6.45) is 0. The zero-order valence-corrected chi connectivity index (χ0v) is 12.5. The molecule has 23 heavy (non-hydrogen) atoms. The summed E-state index contributed by atoms with van der Waals surface area (Å²) >= 11 is 0. The number of anilines is 1. The second kappa shape index (κ2) is 8.20. The molecule has 9 nitrogen and oxygen atoms in total. The van der Waals surface area contributed by atoms with Crippen LogP contribution in [0.5, 0.6) is 0 Å². The van der Waals surface area contributed by atoms with Gasteiger partial charge in [0.2, 0.25) is 0 Å². The Morgan fingerprint density at radius 1 is 1.17 bits per heavy atom. The number of hydrogen-bond donors (Lipinski definition) is 2. The maximum Gasteiger partial charge on any atom is 0.313 e. The lowest BCUT2D eigenvalue weighted by Gasteiger charge is -2.26. The highest BCUT2D eigenvalue weighted by atomic mass is 16.6. The van der Waals surface area contributed by atoms with E-state index in [1.807, 2.05) is 0 Å². The van der Waals surface area contributed by atoms with Crippen LogP contribution < -0.4 is 10.6 Å². The van der Waals surface area contributed by atoms with Crippen LogP contribution in [0.15, 0.2) is 24.3 Å². The van der Waals surface area contributed by atoms with E-state index in [0.717, 1.165) is 13.1 Å². The number of rotatable bonds is 5. The monoisotopic (exact) mass is 322 g/mol. The first kappa shape index (κ1) is 16.8. The molecule has 0 aliphatic carbocycles. The van der Waals surface area contributed by atoms with Crippen molar-refractivity contribution in [3.05, 3.63) is 34.4 Å². The highest BCUT2D eigenvalue weighted by Gasteiger charge is 2.15. The molecule has 124 valence electrons. The molecule has 2 amide bonds. The summed E-state index contributed by atoms with van der Waals surface area (Å²) in [4.78, 5) is 35.5.